The Balaban J connectivity index is 1.45. The number of nitrogens with zero attached hydrogens (tertiary/aromatic N) is 4. The molecular weight excluding hydrogens is 577 g/mol. The zero-order valence-corrected chi connectivity index (χ0v) is 24.0. The molecule has 43 heavy (non-hydrogen) atoms. The number of aromatic hydroxyl groups is 1. The maximum atomic E-state index is 13.7. The third-order valence-corrected chi connectivity index (χ3v) is 6.93. The zero-order valence-electron chi connectivity index (χ0n) is 23.2. The average Bonchev–Trinajstić information content (AvgIpc) is 3.39. The van der Waals surface area contributed by atoms with Crippen molar-refractivity contribution >= 4 is 28.9 Å². The number of thiocarbonyl (C=S) groups is 1. The molecule has 0 aliphatic rings. The monoisotopic (exact) mass is 606 g/mol. The number of hydrogen-bond donors (Lipinski definition) is 3. The Kier molecular flexibility index (Phi) is 10.0. The molecule has 12 heteroatoms. The van der Waals surface area contributed by atoms with Gasteiger partial charge in [-0.15, -0.1) is 0 Å². The van der Waals surface area contributed by atoms with Gasteiger partial charge in [0, 0.05) is 43.3 Å². The van der Waals surface area contributed by atoms with E-state index in [1.807, 2.05) is 16.7 Å². The molecule has 0 aliphatic carbocycles. The molecule has 4 rings (SSSR count). The topological polar surface area (TPSA) is 106 Å². The van der Waals surface area contributed by atoms with E-state index in [-0.39, 0.29) is 41.8 Å². The largest absolute Gasteiger partial charge is 0.508 e. The molecule has 8 nitrogen and oxygen atoms in total. The van der Waals surface area contributed by atoms with E-state index in [2.05, 4.69) is 21.7 Å². The molecule has 4 aromatic rings. The second-order valence-electron chi connectivity index (χ2n) is 9.98. The van der Waals surface area contributed by atoms with Gasteiger partial charge in [0.05, 0.1) is 29.9 Å². The molecule has 1 heterocycles. The number of imidazole rings is 1. The molecule has 0 fully saturated rings. The maximum absolute atomic E-state index is 13.7. The molecule has 0 unspecified atom stereocenters. The second-order valence-corrected chi connectivity index (χ2v) is 10.4. The molecule has 0 saturated carbocycles. The lowest BCUT2D eigenvalue weighted by Crippen LogP contribution is -2.46. The highest BCUT2D eigenvalue weighted by Crippen LogP contribution is 2.32. The first-order valence-corrected chi connectivity index (χ1v) is 13.7. The standard InChI is InChI=1S/C31H29F3N6O2S/c1-21(37-29(42)14-26-16-36-20-40(26)18-23-8-6-22(15-35)7-9-23)17-39(30(43)38-25-10-12-27(41)13-11-25)19-24-4-2-3-5-28(24)31(32,33)34/h2-13,16,20-21,41H,14,17-19H2,1H3,(H,37,42)(H,38,43)/t21-/m0/s1. The van der Waals surface area contributed by atoms with Gasteiger partial charge >= 0.3 is 6.18 Å². The van der Waals surface area contributed by atoms with Crippen molar-refractivity contribution in [3.63, 3.8) is 0 Å². The van der Waals surface area contributed by atoms with Crippen molar-refractivity contribution in [1.82, 2.24) is 19.8 Å². The molecule has 0 aliphatic heterocycles. The number of alkyl halides is 3. The van der Waals surface area contributed by atoms with E-state index in [4.69, 9.17) is 17.5 Å². The van der Waals surface area contributed by atoms with Crippen molar-refractivity contribution in [3.05, 3.63) is 113 Å². The predicted molar refractivity (Wildman–Crippen MR) is 160 cm³/mol. The first kappa shape index (κ1) is 31.1. The third kappa shape index (κ3) is 8.80. The summed E-state index contributed by atoms with van der Waals surface area (Å²) in [5.41, 5.74) is 1.99. The molecule has 3 N–H and O–H groups in total. The predicted octanol–water partition coefficient (Wildman–Crippen LogP) is 5.47. The average molecular weight is 607 g/mol. The Morgan fingerprint density at radius 2 is 1.81 bits per heavy atom. The number of benzene rings is 3. The summed E-state index contributed by atoms with van der Waals surface area (Å²) in [6.45, 7) is 2.18. The third-order valence-electron chi connectivity index (χ3n) is 6.57. The van der Waals surface area contributed by atoms with Crippen molar-refractivity contribution in [1.29, 1.82) is 5.26 Å². The van der Waals surface area contributed by atoms with Gasteiger partial charge in [0.25, 0.3) is 0 Å². The fraction of sp³-hybridized carbons (Fsp3) is 0.226. The van der Waals surface area contributed by atoms with Gasteiger partial charge in [-0.25, -0.2) is 4.98 Å². The molecule has 0 bridgehead atoms. The van der Waals surface area contributed by atoms with Crippen molar-refractivity contribution in [2.24, 2.45) is 0 Å². The lowest BCUT2D eigenvalue weighted by molar-refractivity contribution is -0.138. The van der Waals surface area contributed by atoms with Crippen molar-refractivity contribution in [3.8, 4) is 11.8 Å². The number of aromatic nitrogens is 2. The second kappa shape index (κ2) is 13.8. The number of nitrogens with one attached hydrogen (secondary N) is 2. The van der Waals surface area contributed by atoms with E-state index < -0.39 is 17.8 Å². The fourth-order valence-electron chi connectivity index (χ4n) is 4.49. The van der Waals surface area contributed by atoms with Crippen LogP contribution in [0.15, 0.2) is 85.3 Å². The summed E-state index contributed by atoms with van der Waals surface area (Å²) in [6, 6.07) is 20.1. The minimum atomic E-state index is -4.55. The Morgan fingerprint density at radius 3 is 2.49 bits per heavy atom. The Bertz CT molecular complexity index is 1600. The van der Waals surface area contributed by atoms with E-state index in [1.165, 1.54) is 30.3 Å². The number of nitriles is 1. The number of halogens is 3. The van der Waals surface area contributed by atoms with Crippen LogP contribution in [0.1, 0.15) is 34.9 Å². The van der Waals surface area contributed by atoms with Crippen LogP contribution in [0.2, 0.25) is 0 Å². The Hall–Kier alpha value is -4.89. The first-order valence-electron chi connectivity index (χ1n) is 13.3. The van der Waals surface area contributed by atoms with Gasteiger partial charge in [-0.3, -0.25) is 4.79 Å². The van der Waals surface area contributed by atoms with Gasteiger partial charge in [-0.05, 0) is 72.7 Å². The number of carbonyl (C=O) groups is 1. The quantitative estimate of drug-likeness (QED) is 0.162. The molecule has 1 aromatic heterocycles. The SMILES string of the molecule is C[C@@H](CN(Cc1ccccc1C(F)(F)F)C(=S)Nc1ccc(O)cc1)NC(=O)Cc1cncn1Cc1ccc(C#N)cc1. The van der Waals surface area contributed by atoms with Crippen LogP contribution in [0.4, 0.5) is 18.9 Å². The maximum Gasteiger partial charge on any atom is 0.416 e. The van der Waals surface area contributed by atoms with E-state index in [1.54, 1.807) is 48.6 Å². The lowest BCUT2D eigenvalue weighted by atomic mass is 10.1. The van der Waals surface area contributed by atoms with Gasteiger partial charge in [-0.1, -0.05) is 30.3 Å². The number of phenols is 1. The van der Waals surface area contributed by atoms with Crippen LogP contribution < -0.4 is 10.6 Å². The van der Waals surface area contributed by atoms with Crippen LogP contribution in [-0.4, -0.2) is 43.2 Å². The summed E-state index contributed by atoms with van der Waals surface area (Å²) in [6.07, 6.45) is -1.29. The van der Waals surface area contributed by atoms with Crippen LogP contribution >= 0.6 is 12.2 Å². The van der Waals surface area contributed by atoms with Gasteiger partial charge < -0.3 is 25.2 Å². The Labute approximate surface area is 252 Å². The number of hydrogen-bond acceptors (Lipinski definition) is 5. The van der Waals surface area contributed by atoms with Crippen LogP contribution in [0.3, 0.4) is 0 Å². The van der Waals surface area contributed by atoms with Crippen LogP contribution in [0.5, 0.6) is 5.75 Å². The Morgan fingerprint density at radius 1 is 1.12 bits per heavy atom. The van der Waals surface area contributed by atoms with Crippen LogP contribution in [-0.2, 0) is 30.5 Å². The summed E-state index contributed by atoms with van der Waals surface area (Å²) in [7, 11) is 0. The summed E-state index contributed by atoms with van der Waals surface area (Å²) >= 11 is 5.58. The highest BCUT2D eigenvalue weighted by atomic mass is 32.1. The molecule has 0 saturated heterocycles. The van der Waals surface area contributed by atoms with Crippen molar-refractivity contribution in [2.45, 2.75) is 38.7 Å². The molecule has 0 spiro atoms. The van der Waals surface area contributed by atoms with Crippen LogP contribution in [0.25, 0.3) is 0 Å². The number of anilines is 1. The normalized spacial score (nSPS) is 11.8. The van der Waals surface area contributed by atoms with Crippen molar-refractivity contribution in [2.75, 3.05) is 11.9 Å². The van der Waals surface area contributed by atoms with Gasteiger partial charge in [0.15, 0.2) is 5.11 Å². The van der Waals surface area contributed by atoms with E-state index >= 15 is 0 Å². The zero-order chi connectivity index (χ0) is 31.0. The highest BCUT2D eigenvalue weighted by Gasteiger charge is 2.33. The van der Waals surface area contributed by atoms with Crippen LogP contribution in [0, 0.1) is 11.3 Å². The summed E-state index contributed by atoms with van der Waals surface area (Å²) in [5, 5.41) is 24.6. The summed E-state index contributed by atoms with van der Waals surface area (Å²) in [4.78, 5) is 18.7. The van der Waals surface area contributed by atoms with Gasteiger partial charge in [0.1, 0.15) is 5.75 Å². The van der Waals surface area contributed by atoms with E-state index in [0.29, 0.717) is 23.5 Å². The number of phenolic OH excluding ortho intramolecular Hbond substituents is 1. The lowest BCUT2D eigenvalue weighted by Gasteiger charge is -2.30. The smallest absolute Gasteiger partial charge is 0.416 e. The summed E-state index contributed by atoms with van der Waals surface area (Å²) < 4.78 is 43.0. The molecule has 1 atom stereocenters. The number of carbonyl (C=O) groups excluding carboxylic acids is 1. The molecule has 1 amide bonds. The van der Waals surface area contributed by atoms with E-state index in [0.717, 1.165) is 11.6 Å². The minimum absolute atomic E-state index is 0.0354. The number of amides is 1. The molecule has 222 valence electrons. The van der Waals surface area contributed by atoms with E-state index in [9.17, 15) is 23.1 Å². The van der Waals surface area contributed by atoms with Gasteiger partial charge in [0.2, 0.25) is 5.91 Å². The van der Waals surface area contributed by atoms with Crippen molar-refractivity contribution < 1.29 is 23.1 Å². The van der Waals surface area contributed by atoms with Gasteiger partial charge in [-0.2, -0.15) is 18.4 Å². The molecule has 0 radical (unpaired) electrons. The summed E-state index contributed by atoms with van der Waals surface area (Å²) in [5.74, 6) is -0.232. The molecular formula is C31H29F3N6O2S. The molecule has 3 aromatic carbocycles. The number of rotatable bonds is 10. The minimum Gasteiger partial charge on any atom is -0.508 e. The fourth-order valence-corrected chi connectivity index (χ4v) is 4.75. The first-order chi connectivity index (χ1) is 20.5. The highest BCUT2D eigenvalue weighted by molar-refractivity contribution is 7.80.